The second kappa shape index (κ2) is 4.77. The van der Waals surface area contributed by atoms with Crippen LogP contribution in [0.25, 0.3) is 10.9 Å². The smallest absolute Gasteiger partial charge is 0.254 e. The van der Waals surface area contributed by atoms with Crippen LogP contribution in [0.4, 0.5) is 0 Å². The molecule has 1 atom stereocenters. The normalized spacial score (nSPS) is 18.5. The van der Waals surface area contributed by atoms with E-state index in [0.717, 1.165) is 36.0 Å². The summed E-state index contributed by atoms with van der Waals surface area (Å²) in [6, 6.07) is 9.89. The molecule has 1 aliphatic rings. The summed E-state index contributed by atoms with van der Waals surface area (Å²) in [6.45, 7) is 0.809. The van der Waals surface area contributed by atoms with Gasteiger partial charge in [0.15, 0.2) is 0 Å². The first-order valence-corrected chi connectivity index (χ1v) is 7.20. The molecule has 0 radical (unpaired) electrons. The van der Waals surface area contributed by atoms with Gasteiger partial charge in [-0.15, -0.1) is 0 Å². The summed E-state index contributed by atoms with van der Waals surface area (Å²) in [5.74, 6) is 0.0867. The molecule has 1 saturated heterocycles. The van der Waals surface area contributed by atoms with Crippen LogP contribution in [0.3, 0.4) is 0 Å². The number of hydrogen-bond donors (Lipinski definition) is 2. The van der Waals surface area contributed by atoms with Gasteiger partial charge in [-0.3, -0.25) is 9.89 Å². The molecule has 2 N–H and O–H groups in total. The molecule has 1 aliphatic heterocycles. The number of nitrogens with zero attached hydrogens (tertiary/aromatic N) is 2. The molecule has 0 bridgehead atoms. The Kier molecular flexibility index (Phi) is 2.77. The highest BCUT2D eigenvalue weighted by molar-refractivity contribution is 5.98. The Hall–Kier alpha value is -2.56. The number of fused-ring (bicyclic) bond motifs is 1. The number of carbonyl (C=O) groups excluding carboxylic acids is 1. The summed E-state index contributed by atoms with van der Waals surface area (Å²) in [5, 5.41) is 7.94. The minimum Gasteiger partial charge on any atom is -0.363 e. The zero-order chi connectivity index (χ0) is 14.2. The maximum absolute atomic E-state index is 12.8. The molecule has 21 heavy (non-hydrogen) atoms. The molecule has 3 heterocycles. The number of H-pyrrole nitrogens is 2. The van der Waals surface area contributed by atoms with E-state index in [1.165, 1.54) is 0 Å². The van der Waals surface area contributed by atoms with Gasteiger partial charge in [-0.05, 0) is 37.1 Å². The van der Waals surface area contributed by atoms with E-state index in [2.05, 4.69) is 15.2 Å². The molecule has 0 saturated carbocycles. The van der Waals surface area contributed by atoms with E-state index < -0.39 is 0 Å². The third-order valence-corrected chi connectivity index (χ3v) is 4.18. The van der Waals surface area contributed by atoms with E-state index in [1.807, 2.05) is 41.4 Å². The first kappa shape index (κ1) is 12.2. The van der Waals surface area contributed by atoms with Crippen LogP contribution in [0, 0.1) is 0 Å². The molecular formula is C16H16N4O. The van der Waals surface area contributed by atoms with Crippen molar-refractivity contribution in [1.29, 1.82) is 0 Å². The van der Waals surface area contributed by atoms with Gasteiger partial charge in [-0.1, -0.05) is 6.07 Å². The molecule has 4 rings (SSSR count). The number of nitrogens with one attached hydrogen (secondary N) is 2. The average Bonchev–Trinajstić information content (AvgIpc) is 3.24. The van der Waals surface area contributed by atoms with Gasteiger partial charge in [-0.2, -0.15) is 5.10 Å². The molecular weight excluding hydrogens is 264 g/mol. The predicted octanol–water partition coefficient (Wildman–Crippen LogP) is 2.87. The lowest BCUT2D eigenvalue weighted by Crippen LogP contribution is -2.30. The lowest BCUT2D eigenvalue weighted by molar-refractivity contribution is 0.0733. The van der Waals surface area contributed by atoms with Crippen molar-refractivity contribution in [1.82, 2.24) is 20.1 Å². The second-order valence-corrected chi connectivity index (χ2v) is 5.45. The molecule has 1 unspecified atom stereocenters. The summed E-state index contributed by atoms with van der Waals surface area (Å²) in [7, 11) is 0. The number of aromatic amines is 2. The third kappa shape index (κ3) is 2.01. The summed E-state index contributed by atoms with van der Waals surface area (Å²) in [4.78, 5) is 18.0. The topological polar surface area (TPSA) is 64.8 Å². The van der Waals surface area contributed by atoms with Gasteiger partial charge >= 0.3 is 0 Å². The SMILES string of the molecule is O=C(c1ccc2cn[nH]c2c1)N1CCCC1c1ccc[nH]1. The van der Waals surface area contributed by atoms with Gasteiger partial charge in [0.1, 0.15) is 0 Å². The van der Waals surface area contributed by atoms with E-state index in [9.17, 15) is 4.79 Å². The van der Waals surface area contributed by atoms with E-state index in [-0.39, 0.29) is 11.9 Å². The van der Waals surface area contributed by atoms with Crippen molar-refractivity contribution in [2.75, 3.05) is 6.54 Å². The summed E-state index contributed by atoms with van der Waals surface area (Å²) in [5.41, 5.74) is 2.73. The average molecular weight is 280 g/mol. The van der Waals surface area contributed by atoms with E-state index in [0.29, 0.717) is 5.56 Å². The van der Waals surface area contributed by atoms with Crippen molar-refractivity contribution in [2.45, 2.75) is 18.9 Å². The maximum atomic E-state index is 12.8. The number of aromatic nitrogens is 3. The van der Waals surface area contributed by atoms with Crippen molar-refractivity contribution in [3.8, 4) is 0 Å². The number of carbonyl (C=O) groups is 1. The monoisotopic (exact) mass is 280 g/mol. The predicted molar refractivity (Wildman–Crippen MR) is 79.9 cm³/mol. The van der Waals surface area contributed by atoms with E-state index in [4.69, 9.17) is 0 Å². The van der Waals surface area contributed by atoms with Crippen molar-refractivity contribution < 1.29 is 4.79 Å². The third-order valence-electron chi connectivity index (χ3n) is 4.18. The van der Waals surface area contributed by atoms with E-state index >= 15 is 0 Å². The standard InChI is InChI=1S/C16H16N4O/c21-16(11-5-6-12-10-18-19-14(12)9-11)20-8-2-4-15(20)13-3-1-7-17-13/h1,3,5-7,9-10,15,17H,2,4,8H2,(H,18,19). The van der Waals surface area contributed by atoms with Crippen LogP contribution in [0.5, 0.6) is 0 Å². The van der Waals surface area contributed by atoms with Crippen LogP contribution < -0.4 is 0 Å². The lowest BCUT2D eigenvalue weighted by Gasteiger charge is -2.24. The Morgan fingerprint density at radius 1 is 1.33 bits per heavy atom. The summed E-state index contributed by atoms with van der Waals surface area (Å²) < 4.78 is 0. The van der Waals surface area contributed by atoms with Gasteiger partial charge in [0.05, 0.1) is 17.8 Å². The van der Waals surface area contributed by atoms with Crippen molar-refractivity contribution in [3.63, 3.8) is 0 Å². The molecule has 106 valence electrons. The minimum absolute atomic E-state index is 0.0867. The number of benzene rings is 1. The number of likely N-dealkylation sites (tertiary alicyclic amines) is 1. The molecule has 5 heteroatoms. The van der Waals surface area contributed by atoms with Crippen LogP contribution in [0.2, 0.25) is 0 Å². The highest BCUT2D eigenvalue weighted by Gasteiger charge is 2.31. The number of amides is 1. The first-order valence-electron chi connectivity index (χ1n) is 7.20. The minimum atomic E-state index is 0.0867. The Labute approximate surface area is 122 Å². The highest BCUT2D eigenvalue weighted by Crippen LogP contribution is 2.32. The number of hydrogen-bond acceptors (Lipinski definition) is 2. The van der Waals surface area contributed by atoms with Crippen molar-refractivity contribution in [2.24, 2.45) is 0 Å². The molecule has 2 aromatic heterocycles. The van der Waals surface area contributed by atoms with Crippen LogP contribution in [-0.4, -0.2) is 32.5 Å². The Bertz CT molecular complexity index is 775. The molecule has 3 aromatic rings. The first-order chi connectivity index (χ1) is 10.3. The zero-order valence-electron chi connectivity index (χ0n) is 11.5. The van der Waals surface area contributed by atoms with Crippen LogP contribution in [0.1, 0.15) is 34.9 Å². The van der Waals surface area contributed by atoms with Crippen LogP contribution in [-0.2, 0) is 0 Å². The fraction of sp³-hybridized carbons (Fsp3) is 0.250. The van der Waals surface area contributed by atoms with Gasteiger partial charge in [0.2, 0.25) is 0 Å². The summed E-state index contributed by atoms with van der Waals surface area (Å²) >= 11 is 0. The quantitative estimate of drug-likeness (QED) is 0.758. The molecule has 1 amide bonds. The summed E-state index contributed by atoms with van der Waals surface area (Å²) in [6.07, 6.45) is 5.73. The molecule has 0 aliphatic carbocycles. The number of rotatable bonds is 2. The molecule has 1 fully saturated rings. The fourth-order valence-electron chi connectivity index (χ4n) is 3.12. The van der Waals surface area contributed by atoms with Gasteiger partial charge in [-0.25, -0.2) is 0 Å². The van der Waals surface area contributed by atoms with Crippen molar-refractivity contribution >= 4 is 16.8 Å². The Morgan fingerprint density at radius 2 is 2.29 bits per heavy atom. The fourth-order valence-corrected chi connectivity index (χ4v) is 3.12. The largest absolute Gasteiger partial charge is 0.363 e. The Morgan fingerprint density at radius 3 is 3.14 bits per heavy atom. The van der Waals surface area contributed by atoms with Crippen LogP contribution >= 0.6 is 0 Å². The molecule has 5 nitrogen and oxygen atoms in total. The molecule has 0 spiro atoms. The second-order valence-electron chi connectivity index (χ2n) is 5.45. The zero-order valence-corrected chi connectivity index (χ0v) is 11.5. The maximum Gasteiger partial charge on any atom is 0.254 e. The van der Waals surface area contributed by atoms with Gasteiger partial charge in [0.25, 0.3) is 5.91 Å². The van der Waals surface area contributed by atoms with Gasteiger partial charge in [0, 0.05) is 29.4 Å². The van der Waals surface area contributed by atoms with Gasteiger partial charge < -0.3 is 9.88 Å². The molecule has 1 aromatic carbocycles. The highest BCUT2D eigenvalue weighted by atomic mass is 16.2. The van der Waals surface area contributed by atoms with Crippen molar-refractivity contribution in [3.05, 3.63) is 54.0 Å². The van der Waals surface area contributed by atoms with E-state index in [1.54, 1.807) is 6.20 Å². The Balaban J connectivity index is 1.66. The van der Waals surface area contributed by atoms with Crippen LogP contribution in [0.15, 0.2) is 42.7 Å². The lowest BCUT2D eigenvalue weighted by atomic mass is 10.1.